The topological polar surface area (TPSA) is 72.0 Å². The van der Waals surface area contributed by atoms with Gasteiger partial charge in [0.15, 0.2) is 0 Å². The summed E-state index contributed by atoms with van der Waals surface area (Å²) in [5.41, 5.74) is 3.35. The van der Waals surface area contributed by atoms with E-state index in [1.54, 1.807) is 25.4 Å². The normalized spacial score (nSPS) is 11.6. The molecule has 3 rings (SSSR count). The van der Waals surface area contributed by atoms with Crippen molar-refractivity contribution in [2.24, 2.45) is 0 Å². The average Bonchev–Trinajstić information content (AvgIpc) is 3.05. The largest absolute Gasteiger partial charge is 0.264 e. The van der Waals surface area contributed by atoms with Gasteiger partial charge in [0.2, 0.25) is 10.0 Å². The Bertz CT molecular complexity index is 951. The molecule has 24 heavy (non-hydrogen) atoms. The molecule has 124 valence electrons. The highest BCUT2D eigenvalue weighted by Crippen LogP contribution is 2.22. The molecule has 2 heterocycles. The molecule has 0 aliphatic carbocycles. The van der Waals surface area contributed by atoms with Crippen molar-refractivity contribution in [3.63, 3.8) is 0 Å². The average molecular weight is 359 g/mol. The number of nitrogens with zero attached hydrogens (tertiary/aromatic N) is 2. The van der Waals surface area contributed by atoms with Gasteiger partial charge in [-0.25, -0.2) is 18.1 Å². The minimum atomic E-state index is -3.56. The van der Waals surface area contributed by atoms with Gasteiger partial charge >= 0.3 is 0 Å². The number of thiazole rings is 1. The molecule has 0 saturated heterocycles. The van der Waals surface area contributed by atoms with Crippen molar-refractivity contribution in [3.05, 3.63) is 64.2 Å². The monoisotopic (exact) mass is 359 g/mol. The molecule has 1 N–H and O–H groups in total. The van der Waals surface area contributed by atoms with Crippen LogP contribution in [-0.4, -0.2) is 18.4 Å². The standard InChI is InChI=1S/C17H17N3O2S2/c1-12-5-6-13(2)16(8-12)24(21,22)19-10-17-20-15(11-23-17)14-4-3-7-18-9-14/h3-9,11,19H,10H2,1-2H3. The lowest BCUT2D eigenvalue weighted by molar-refractivity contribution is 0.580. The molecule has 0 bridgehead atoms. The molecule has 0 amide bonds. The van der Waals surface area contributed by atoms with Crippen LogP contribution < -0.4 is 4.72 Å². The number of rotatable bonds is 5. The molecule has 2 aromatic heterocycles. The number of hydrogen-bond acceptors (Lipinski definition) is 5. The van der Waals surface area contributed by atoms with Crippen LogP contribution in [0.5, 0.6) is 0 Å². The molecular formula is C17H17N3O2S2. The third kappa shape index (κ3) is 3.69. The van der Waals surface area contributed by atoms with Crippen molar-refractivity contribution in [2.45, 2.75) is 25.3 Å². The first-order chi connectivity index (χ1) is 11.5. The van der Waals surface area contributed by atoms with Gasteiger partial charge in [0.05, 0.1) is 17.1 Å². The van der Waals surface area contributed by atoms with E-state index in [-0.39, 0.29) is 6.54 Å². The van der Waals surface area contributed by atoms with Crippen molar-refractivity contribution in [1.29, 1.82) is 0 Å². The zero-order chi connectivity index (χ0) is 17.2. The number of hydrogen-bond donors (Lipinski definition) is 1. The summed E-state index contributed by atoms with van der Waals surface area (Å²) in [4.78, 5) is 8.85. The van der Waals surface area contributed by atoms with Crippen LogP contribution in [0, 0.1) is 13.8 Å². The summed E-state index contributed by atoms with van der Waals surface area (Å²) < 4.78 is 27.7. The van der Waals surface area contributed by atoms with Crippen molar-refractivity contribution >= 4 is 21.4 Å². The van der Waals surface area contributed by atoms with Crippen LogP contribution in [0.4, 0.5) is 0 Å². The fourth-order valence-corrected chi connectivity index (χ4v) is 4.42. The van der Waals surface area contributed by atoms with Crippen molar-refractivity contribution in [2.75, 3.05) is 0 Å². The van der Waals surface area contributed by atoms with Crippen LogP contribution in [0.2, 0.25) is 0 Å². The summed E-state index contributed by atoms with van der Waals surface area (Å²) in [7, 11) is -3.56. The molecule has 0 aliphatic heterocycles. The maximum Gasteiger partial charge on any atom is 0.241 e. The van der Waals surface area contributed by atoms with Crippen LogP contribution >= 0.6 is 11.3 Å². The highest BCUT2D eigenvalue weighted by Gasteiger charge is 2.17. The second-order valence-corrected chi connectivity index (χ2v) is 8.14. The predicted octanol–water partition coefficient (Wildman–Crippen LogP) is 3.30. The van der Waals surface area contributed by atoms with Gasteiger partial charge in [-0.2, -0.15) is 0 Å². The van der Waals surface area contributed by atoms with Gasteiger partial charge in [-0.05, 0) is 43.2 Å². The molecule has 0 fully saturated rings. The third-order valence-electron chi connectivity index (χ3n) is 3.56. The number of nitrogens with one attached hydrogen (secondary N) is 1. The molecule has 7 heteroatoms. The van der Waals surface area contributed by atoms with E-state index in [9.17, 15) is 8.42 Å². The van der Waals surface area contributed by atoms with Crippen LogP contribution in [0.3, 0.4) is 0 Å². The Morgan fingerprint density at radius 2 is 2.04 bits per heavy atom. The summed E-state index contributed by atoms with van der Waals surface area (Å²) in [6.07, 6.45) is 3.44. The van der Waals surface area contributed by atoms with Gasteiger partial charge in [-0.15, -0.1) is 11.3 Å². The molecular weight excluding hydrogens is 342 g/mol. The fraction of sp³-hybridized carbons (Fsp3) is 0.176. The summed E-state index contributed by atoms with van der Waals surface area (Å²) in [5, 5.41) is 2.61. The smallest absolute Gasteiger partial charge is 0.241 e. The van der Waals surface area contributed by atoms with Crippen LogP contribution in [0.15, 0.2) is 53.0 Å². The fourth-order valence-electron chi connectivity index (χ4n) is 2.27. The Kier molecular flexibility index (Phi) is 4.75. The molecule has 0 radical (unpaired) electrons. The van der Waals surface area contributed by atoms with E-state index in [0.29, 0.717) is 9.90 Å². The molecule has 1 aromatic carbocycles. The zero-order valence-electron chi connectivity index (χ0n) is 13.4. The first-order valence-corrected chi connectivity index (χ1v) is 9.74. The predicted molar refractivity (Wildman–Crippen MR) is 95.3 cm³/mol. The van der Waals surface area contributed by atoms with Crippen LogP contribution in [0.25, 0.3) is 11.3 Å². The lowest BCUT2D eigenvalue weighted by Gasteiger charge is -2.09. The Balaban J connectivity index is 1.76. The van der Waals surface area contributed by atoms with E-state index >= 15 is 0 Å². The second-order valence-electron chi connectivity index (χ2n) is 5.46. The van der Waals surface area contributed by atoms with Crippen molar-refractivity contribution < 1.29 is 8.42 Å². The maximum absolute atomic E-state index is 12.5. The quantitative estimate of drug-likeness (QED) is 0.759. The van der Waals surface area contributed by atoms with Gasteiger partial charge in [-0.3, -0.25) is 4.98 Å². The van der Waals surface area contributed by atoms with Crippen LogP contribution in [0.1, 0.15) is 16.1 Å². The van der Waals surface area contributed by atoms with Gasteiger partial charge in [0.25, 0.3) is 0 Å². The van der Waals surface area contributed by atoms with E-state index < -0.39 is 10.0 Å². The maximum atomic E-state index is 12.5. The van der Waals surface area contributed by atoms with E-state index in [1.807, 2.05) is 36.6 Å². The number of aryl methyl sites for hydroxylation is 2. The third-order valence-corrected chi connectivity index (χ3v) is 5.95. The molecule has 3 aromatic rings. The number of aromatic nitrogens is 2. The SMILES string of the molecule is Cc1ccc(C)c(S(=O)(=O)NCc2nc(-c3cccnc3)cs2)c1. The zero-order valence-corrected chi connectivity index (χ0v) is 15.0. The molecule has 0 saturated carbocycles. The van der Waals surface area contributed by atoms with Gasteiger partial charge in [0.1, 0.15) is 5.01 Å². The summed E-state index contributed by atoms with van der Waals surface area (Å²) in [6, 6.07) is 9.16. The van der Waals surface area contributed by atoms with Crippen LogP contribution in [-0.2, 0) is 16.6 Å². The second kappa shape index (κ2) is 6.80. The Morgan fingerprint density at radius 3 is 2.79 bits per heavy atom. The van der Waals surface area contributed by atoms with Crippen molar-refractivity contribution in [1.82, 2.24) is 14.7 Å². The summed E-state index contributed by atoms with van der Waals surface area (Å²) in [5.74, 6) is 0. The Labute approximate surface area is 145 Å². The van der Waals surface area contributed by atoms with E-state index in [4.69, 9.17) is 0 Å². The lowest BCUT2D eigenvalue weighted by atomic mass is 10.2. The number of benzene rings is 1. The summed E-state index contributed by atoms with van der Waals surface area (Å²) in [6.45, 7) is 3.83. The first kappa shape index (κ1) is 16.8. The minimum absolute atomic E-state index is 0.167. The summed E-state index contributed by atoms with van der Waals surface area (Å²) >= 11 is 1.42. The van der Waals surface area contributed by atoms with Gasteiger partial charge in [0, 0.05) is 23.3 Å². The minimum Gasteiger partial charge on any atom is -0.264 e. The first-order valence-electron chi connectivity index (χ1n) is 7.37. The molecule has 0 atom stereocenters. The molecule has 0 unspecified atom stereocenters. The molecule has 0 spiro atoms. The van der Waals surface area contributed by atoms with Gasteiger partial charge in [-0.1, -0.05) is 12.1 Å². The number of sulfonamides is 1. The van der Waals surface area contributed by atoms with E-state index in [1.165, 1.54) is 11.3 Å². The Hall–Kier alpha value is -2.09. The van der Waals surface area contributed by atoms with Crippen molar-refractivity contribution in [3.8, 4) is 11.3 Å². The Morgan fingerprint density at radius 1 is 1.21 bits per heavy atom. The van der Waals surface area contributed by atoms with E-state index in [2.05, 4.69) is 14.7 Å². The highest BCUT2D eigenvalue weighted by molar-refractivity contribution is 7.89. The molecule has 5 nitrogen and oxygen atoms in total. The number of pyridine rings is 1. The van der Waals surface area contributed by atoms with E-state index in [0.717, 1.165) is 22.4 Å². The highest BCUT2D eigenvalue weighted by atomic mass is 32.2. The van der Waals surface area contributed by atoms with Gasteiger partial charge < -0.3 is 0 Å². The lowest BCUT2D eigenvalue weighted by Crippen LogP contribution is -2.24. The molecule has 0 aliphatic rings.